The van der Waals surface area contributed by atoms with Crippen molar-refractivity contribution >= 4 is 27.3 Å². The predicted octanol–water partition coefficient (Wildman–Crippen LogP) is 1.32. The molecule has 9 heteroatoms. The molecule has 1 aliphatic heterocycles. The molecule has 2 rings (SSSR count). The topological polar surface area (TPSA) is 107 Å². The van der Waals surface area contributed by atoms with Gasteiger partial charge in [-0.1, -0.05) is 11.6 Å². The molecular formula is C10H12ClN3O4S. The second-order valence-electron chi connectivity index (χ2n) is 4.20. The van der Waals surface area contributed by atoms with Crippen molar-refractivity contribution < 1.29 is 13.3 Å². The van der Waals surface area contributed by atoms with Gasteiger partial charge in [0.2, 0.25) is 10.0 Å². The van der Waals surface area contributed by atoms with Crippen molar-refractivity contribution in [2.45, 2.75) is 23.9 Å². The first-order valence-corrected chi connectivity index (χ1v) is 7.37. The van der Waals surface area contributed by atoms with Crippen molar-refractivity contribution in [1.82, 2.24) is 4.31 Å². The van der Waals surface area contributed by atoms with Gasteiger partial charge in [0.25, 0.3) is 5.69 Å². The molecule has 19 heavy (non-hydrogen) atoms. The van der Waals surface area contributed by atoms with Crippen LogP contribution < -0.4 is 5.73 Å². The van der Waals surface area contributed by atoms with Gasteiger partial charge in [-0.2, -0.15) is 4.31 Å². The molecule has 2 N–H and O–H groups in total. The van der Waals surface area contributed by atoms with Crippen molar-refractivity contribution in [3.63, 3.8) is 0 Å². The van der Waals surface area contributed by atoms with Gasteiger partial charge in [-0.25, -0.2) is 8.42 Å². The quantitative estimate of drug-likeness (QED) is 0.669. The zero-order chi connectivity index (χ0) is 14.2. The minimum absolute atomic E-state index is 0.0512. The maximum atomic E-state index is 12.4. The standard InChI is InChI=1S/C10H12ClN3O4S/c11-8-4-3-7(14(15)16)6-9(8)19(17,18)13-5-1-2-10(13)12/h3-4,6,10H,1-2,5,12H2. The van der Waals surface area contributed by atoms with Gasteiger partial charge in [-0.15, -0.1) is 0 Å². The monoisotopic (exact) mass is 305 g/mol. The van der Waals surface area contributed by atoms with Gasteiger partial charge in [-0.05, 0) is 18.9 Å². The van der Waals surface area contributed by atoms with E-state index in [-0.39, 0.29) is 15.6 Å². The number of non-ortho nitro benzene ring substituents is 1. The van der Waals surface area contributed by atoms with Crippen LogP contribution in [0.5, 0.6) is 0 Å². The number of nitro groups is 1. The average Bonchev–Trinajstić information content (AvgIpc) is 2.76. The summed E-state index contributed by atoms with van der Waals surface area (Å²) in [7, 11) is -3.90. The van der Waals surface area contributed by atoms with Gasteiger partial charge >= 0.3 is 0 Å². The summed E-state index contributed by atoms with van der Waals surface area (Å²) in [5.41, 5.74) is 5.40. The first-order chi connectivity index (χ1) is 8.84. The molecule has 1 aliphatic rings. The molecule has 1 aromatic carbocycles. The third kappa shape index (κ3) is 2.57. The van der Waals surface area contributed by atoms with Gasteiger partial charge < -0.3 is 5.73 Å². The van der Waals surface area contributed by atoms with E-state index in [1.807, 2.05) is 0 Å². The van der Waals surface area contributed by atoms with Crippen LogP contribution in [0.4, 0.5) is 5.69 Å². The Hall–Kier alpha value is -1.22. The maximum Gasteiger partial charge on any atom is 0.270 e. The van der Waals surface area contributed by atoms with E-state index < -0.39 is 21.1 Å². The third-order valence-corrected chi connectivity index (χ3v) is 5.37. The lowest BCUT2D eigenvalue weighted by atomic mass is 10.3. The Morgan fingerprint density at radius 3 is 2.68 bits per heavy atom. The molecular weight excluding hydrogens is 294 g/mol. The van der Waals surface area contributed by atoms with Crippen molar-refractivity contribution in [3.05, 3.63) is 33.3 Å². The molecule has 104 valence electrons. The summed E-state index contributed by atoms with van der Waals surface area (Å²) >= 11 is 5.84. The molecule has 1 saturated heterocycles. The van der Waals surface area contributed by atoms with E-state index in [1.165, 1.54) is 6.07 Å². The fourth-order valence-corrected chi connectivity index (χ4v) is 4.07. The van der Waals surface area contributed by atoms with Crippen LogP contribution in [0.2, 0.25) is 5.02 Å². The molecule has 0 spiro atoms. The van der Waals surface area contributed by atoms with Crippen molar-refractivity contribution in [1.29, 1.82) is 0 Å². The minimum atomic E-state index is -3.90. The molecule has 0 aromatic heterocycles. The van der Waals surface area contributed by atoms with E-state index in [2.05, 4.69) is 0 Å². The summed E-state index contributed by atoms with van der Waals surface area (Å²) in [4.78, 5) is 9.76. The lowest BCUT2D eigenvalue weighted by Gasteiger charge is -2.21. The smallest absolute Gasteiger partial charge is 0.270 e. The predicted molar refractivity (Wildman–Crippen MR) is 69.2 cm³/mol. The Morgan fingerprint density at radius 1 is 1.47 bits per heavy atom. The van der Waals surface area contributed by atoms with Crippen LogP contribution in [0.15, 0.2) is 23.1 Å². The number of hydrogen-bond donors (Lipinski definition) is 1. The Kier molecular flexibility index (Phi) is 3.77. The molecule has 1 fully saturated rings. The number of halogens is 1. The summed E-state index contributed by atoms with van der Waals surface area (Å²) in [5.74, 6) is 0. The van der Waals surface area contributed by atoms with Gasteiger partial charge in [0.05, 0.1) is 16.1 Å². The second kappa shape index (κ2) is 5.04. The zero-order valence-corrected chi connectivity index (χ0v) is 11.4. The zero-order valence-electron chi connectivity index (χ0n) is 9.82. The normalized spacial score (nSPS) is 20.6. The van der Waals surface area contributed by atoms with E-state index in [9.17, 15) is 18.5 Å². The molecule has 0 amide bonds. The van der Waals surface area contributed by atoms with Crippen LogP contribution in [0.1, 0.15) is 12.8 Å². The number of hydrogen-bond acceptors (Lipinski definition) is 5. The minimum Gasteiger partial charge on any atom is -0.315 e. The molecule has 0 bridgehead atoms. The summed E-state index contributed by atoms with van der Waals surface area (Å²) < 4.78 is 25.9. The summed E-state index contributed by atoms with van der Waals surface area (Å²) in [6.07, 6.45) is 0.610. The molecule has 1 unspecified atom stereocenters. The van der Waals surface area contributed by atoms with Crippen LogP contribution in [0.3, 0.4) is 0 Å². The first kappa shape index (κ1) is 14.2. The van der Waals surface area contributed by atoms with E-state index >= 15 is 0 Å². The van der Waals surface area contributed by atoms with E-state index in [1.54, 1.807) is 0 Å². The third-order valence-electron chi connectivity index (χ3n) is 2.96. The number of sulfonamides is 1. The Labute approximate surface area is 115 Å². The van der Waals surface area contributed by atoms with Gasteiger partial charge in [0, 0.05) is 18.7 Å². The fraction of sp³-hybridized carbons (Fsp3) is 0.400. The lowest BCUT2D eigenvalue weighted by molar-refractivity contribution is -0.385. The molecule has 7 nitrogen and oxygen atoms in total. The van der Waals surface area contributed by atoms with Crippen LogP contribution in [-0.2, 0) is 10.0 Å². The highest BCUT2D eigenvalue weighted by Gasteiger charge is 2.35. The summed E-state index contributed by atoms with van der Waals surface area (Å²) in [6.45, 7) is 0.294. The number of benzene rings is 1. The number of rotatable bonds is 3. The molecule has 0 aliphatic carbocycles. The van der Waals surface area contributed by atoms with E-state index in [0.717, 1.165) is 16.4 Å². The van der Waals surface area contributed by atoms with Crippen LogP contribution in [0, 0.1) is 10.1 Å². The summed E-state index contributed by atoms with van der Waals surface area (Å²) in [6, 6.07) is 3.32. The fourth-order valence-electron chi connectivity index (χ4n) is 1.99. The van der Waals surface area contributed by atoms with Crippen LogP contribution in [-0.4, -0.2) is 30.4 Å². The van der Waals surface area contributed by atoms with Crippen molar-refractivity contribution in [2.24, 2.45) is 5.73 Å². The second-order valence-corrected chi connectivity index (χ2v) is 6.46. The highest BCUT2D eigenvalue weighted by molar-refractivity contribution is 7.89. The number of nitrogens with two attached hydrogens (primary N) is 1. The summed E-state index contributed by atoms with van der Waals surface area (Å²) in [5, 5.41) is 10.7. The first-order valence-electron chi connectivity index (χ1n) is 5.55. The number of nitro benzene ring substituents is 1. The molecule has 0 radical (unpaired) electrons. The number of nitrogens with zero attached hydrogens (tertiary/aromatic N) is 2. The molecule has 1 atom stereocenters. The maximum absolute atomic E-state index is 12.4. The van der Waals surface area contributed by atoms with Crippen molar-refractivity contribution in [3.8, 4) is 0 Å². The Morgan fingerprint density at radius 2 is 2.16 bits per heavy atom. The van der Waals surface area contributed by atoms with Gasteiger partial charge in [0.15, 0.2) is 0 Å². The van der Waals surface area contributed by atoms with Gasteiger partial charge in [-0.3, -0.25) is 10.1 Å². The van der Waals surface area contributed by atoms with E-state index in [4.69, 9.17) is 17.3 Å². The molecule has 0 saturated carbocycles. The highest BCUT2D eigenvalue weighted by atomic mass is 35.5. The van der Waals surface area contributed by atoms with E-state index in [0.29, 0.717) is 19.4 Å². The van der Waals surface area contributed by atoms with Gasteiger partial charge in [0.1, 0.15) is 4.90 Å². The molecule has 1 aromatic rings. The highest BCUT2D eigenvalue weighted by Crippen LogP contribution is 2.31. The Bertz CT molecular complexity index is 619. The lowest BCUT2D eigenvalue weighted by Crippen LogP contribution is -2.41. The SMILES string of the molecule is NC1CCCN1S(=O)(=O)c1cc([N+](=O)[O-])ccc1Cl. The average molecular weight is 306 g/mol. The van der Waals surface area contributed by atoms with Crippen LogP contribution in [0.25, 0.3) is 0 Å². The van der Waals surface area contributed by atoms with Crippen molar-refractivity contribution in [2.75, 3.05) is 6.54 Å². The largest absolute Gasteiger partial charge is 0.315 e. The molecule has 1 heterocycles. The van der Waals surface area contributed by atoms with Crippen LogP contribution >= 0.6 is 11.6 Å². The Balaban J connectivity index is 2.51.